The predicted octanol–water partition coefficient (Wildman–Crippen LogP) is 0.387. The van der Waals surface area contributed by atoms with Crippen LogP contribution < -0.4 is 0 Å². The Morgan fingerprint density at radius 2 is 2.00 bits per heavy atom. The second kappa shape index (κ2) is 0.716. The quantitative estimate of drug-likeness (QED) is 0.439. The van der Waals surface area contributed by atoms with Crippen LogP contribution in [-0.2, 0) is 0 Å². The van der Waals surface area contributed by atoms with Gasteiger partial charge in [0.1, 0.15) is 0 Å². The number of rotatable bonds is 0. The first kappa shape index (κ1) is 3.16. The van der Waals surface area contributed by atoms with Crippen LogP contribution in [0.4, 0.5) is 0 Å². The minimum absolute atomic E-state index is 0.0509. The Morgan fingerprint density at radius 1 is 1.80 bits per heavy atom. The molecule has 30 valence electrons. The summed E-state index contributed by atoms with van der Waals surface area (Å²) in [5, 5.41) is 8.44. The summed E-state index contributed by atoms with van der Waals surface area (Å²) in [6, 6.07) is 0. The van der Waals surface area contributed by atoms with Crippen LogP contribution in [0, 0.1) is 5.92 Å². The van der Waals surface area contributed by atoms with Crippen molar-refractivity contribution in [2.24, 2.45) is 5.92 Å². The Labute approximate surface area is 31.6 Å². The van der Waals surface area contributed by atoms with E-state index in [-0.39, 0.29) is 6.10 Å². The van der Waals surface area contributed by atoms with E-state index in [1.807, 2.05) is 6.92 Å². The van der Waals surface area contributed by atoms with Gasteiger partial charge in [0.05, 0.1) is 6.10 Å². The van der Waals surface area contributed by atoms with Crippen LogP contribution in [0.3, 0.4) is 0 Å². The molecule has 0 aromatic heterocycles. The Balaban J connectivity index is 2.20. The van der Waals surface area contributed by atoms with Crippen molar-refractivity contribution in [3.05, 3.63) is 0 Å². The summed E-state index contributed by atoms with van der Waals surface area (Å²) in [6.07, 6.45) is 1.08. The lowest BCUT2D eigenvalue weighted by Crippen LogP contribution is -1.74. The van der Waals surface area contributed by atoms with Crippen LogP contribution in [0.15, 0.2) is 0 Å². The second-order valence-electron chi connectivity index (χ2n) is 1.78. The average molecular weight is 72.1 g/mol. The third-order valence-corrected chi connectivity index (χ3v) is 1.07. The number of hydrogen-bond donors (Lipinski definition) is 1. The summed E-state index contributed by atoms with van der Waals surface area (Å²) < 4.78 is 0. The fourth-order valence-corrected chi connectivity index (χ4v) is 0.302. The second-order valence-corrected chi connectivity index (χ2v) is 1.78. The van der Waals surface area contributed by atoms with E-state index in [0.717, 1.165) is 6.42 Å². The fraction of sp³-hybridized carbons (Fsp3) is 1.00. The highest BCUT2D eigenvalue weighted by molar-refractivity contribution is 4.80. The van der Waals surface area contributed by atoms with Gasteiger partial charge in [-0.15, -0.1) is 0 Å². The van der Waals surface area contributed by atoms with Crippen LogP contribution in [0.1, 0.15) is 13.3 Å². The highest BCUT2D eigenvalue weighted by Gasteiger charge is 2.29. The molecule has 1 heteroatoms. The molecule has 2 unspecified atom stereocenters. The van der Waals surface area contributed by atoms with Crippen molar-refractivity contribution in [2.45, 2.75) is 19.4 Å². The highest BCUT2D eigenvalue weighted by Crippen LogP contribution is 2.27. The molecule has 0 aromatic carbocycles. The normalized spacial score (nSPS) is 49.2. The maximum Gasteiger partial charge on any atom is 0.0570 e. The smallest absolute Gasteiger partial charge is 0.0570 e. The van der Waals surface area contributed by atoms with E-state index >= 15 is 0 Å². The topological polar surface area (TPSA) is 20.2 Å². The molecule has 0 aliphatic heterocycles. The van der Waals surface area contributed by atoms with Gasteiger partial charge in [0.15, 0.2) is 0 Å². The van der Waals surface area contributed by atoms with Crippen LogP contribution in [-0.4, -0.2) is 11.2 Å². The summed E-state index contributed by atoms with van der Waals surface area (Å²) in [5.74, 6) is 0.606. The third-order valence-electron chi connectivity index (χ3n) is 1.07. The van der Waals surface area contributed by atoms with E-state index in [0.29, 0.717) is 5.92 Å². The van der Waals surface area contributed by atoms with Crippen LogP contribution >= 0.6 is 0 Å². The predicted molar refractivity (Wildman–Crippen MR) is 19.8 cm³/mol. The molecule has 0 radical (unpaired) electrons. The van der Waals surface area contributed by atoms with Crippen molar-refractivity contribution in [3.8, 4) is 0 Å². The first-order valence-corrected chi connectivity index (χ1v) is 1.99. The molecule has 0 saturated heterocycles. The zero-order valence-corrected chi connectivity index (χ0v) is 3.31. The van der Waals surface area contributed by atoms with Crippen LogP contribution in [0.5, 0.6) is 0 Å². The van der Waals surface area contributed by atoms with Crippen LogP contribution in [0.25, 0.3) is 0 Å². The molecule has 0 spiro atoms. The summed E-state index contributed by atoms with van der Waals surface area (Å²) >= 11 is 0. The molecule has 1 nitrogen and oxygen atoms in total. The number of hydrogen-bond acceptors (Lipinski definition) is 1. The van der Waals surface area contributed by atoms with Gasteiger partial charge in [0.25, 0.3) is 0 Å². The fourth-order valence-electron chi connectivity index (χ4n) is 0.302. The molecule has 0 amide bonds. The molecule has 0 bridgehead atoms. The first-order valence-electron chi connectivity index (χ1n) is 1.99. The van der Waals surface area contributed by atoms with Gasteiger partial charge in [0, 0.05) is 0 Å². The van der Waals surface area contributed by atoms with E-state index in [2.05, 4.69) is 0 Å². The standard InChI is InChI=1S/C4H8O/c1-3-2-4(3)5/h3-5H,2H2,1H3. The molecular formula is C4H8O. The summed E-state index contributed by atoms with van der Waals surface area (Å²) in [6.45, 7) is 2.05. The summed E-state index contributed by atoms with van der Waals surface area (Å²) in [5.41, 5.74) is 0. The van der Waals surface area contributed by atoms with Crippen LogP contribution in [0.2, 0.25) is 0 Å². The molecule has 5 heavy (non-hydrogen) atoms. The van der Waals surface area contributed by atoms with E-state index < -0.39 is 0 Å². The van der Waals surface area contributed by atoms with E-state index in [4.69, 9.17) is 5.11 Å². The van der Waals surface area contributed by atoms with Crippen molar-refractivity contribution >= 4 is 0 Å². The molecule has 2 atom stereocenters. The maximum absolute atomic E-state index is 8.44. The summed E-state index contributed by atoms with van der Waals surface area (Å²) in [4.78, 5) is 0. The van der Waals surface area contributed by atoms with Gasteiger partial charge in [-0.3, -0.25) is 0 Å². The molecule has 0 aromatic rings. The minimum Gasteiger partial charge on any atom is -0.393 e. The number of aliphatic hydroxyl groups excluding tert-OH is 1. The Bertz CT molecular complexity index is 36.9. The van der Waals surface area contributed by atoms with Gasteiger partial charge in [-0.25, -0.2) is 0 Å². The molecule has 1 saturated carbocycles. The molecular weight excluding hydrogens is 64.0 g/mol. The molecule has 1 aliphatic carbocycles. The van der Waals surface area contributed by atoms with Gasteiger partial charge in [-0.2, -0.15) is 0 Å². The zero-order chi connectivity index (χ0) is 3.86. The Kier molecular flexibility index (Phi) is 0.453. The largest absolute Gasteiger partial charge is 0.393 e. The average Bonchev–Trinajstić information content (AvgIpc) is 1.79. The molecule has 1 fully saturated rings. The van der Waals surface area contributed by atoms with E-state index in [1.165, 1.54) is 0 Å². The van der Waals surface area contributed by atoms with Gasteiger partial charge >= 0.3 is 0 Å². The molecule has 1 rings (SSSR count). The monoisotopic (exact) mass is 72.1 g/mol. The zero-order valence-electron chi connectivity index (χ0n) is 3.31. The summed E-state index contributed by atoms with van der Waals surface area (Å²) in [7, 11) is 0. The van der Waals surface area contributed by atoms with Gasteiger partial charge < -0.3 is 5.11 Å². The lowest BCUT2D eigenvalue weighted by molar-refractivity contribution is 0.263. The van der Waals surface area contributed by atoms with E-state index in [9.17, 15) is 0 Å². The van der Waals surface area contributed by atoms with Crippen molar-refractivity contribution < 1.29 is 5.11 Å². The lowest BCUT2D eigenvalue weighted by atomic mass is 10.5. The van der Waals surface area contributed by atoms with Gasteiger partial charge in [-0.1, -0.05) is 6.92 Å². The SMILES string of the molecule is CC1CC1O. The third kappa shape index (κ3) is 0.428. The van der Waals surface area contributed by atoms with Gasteiger partial charge in [0.2, 0.25) is 0 Å². The van der Waals surface area contributed by atoms with Gasteiger partial charge in [-0.05, 0) is 12.3 Å². The Hall–Kier alpha value is -0.0400. The van der Waals surface area contributed by atoms with Crippen molar-refractivity contribution in [1.29, 1.82) is 0 Å². The van der Waals surface area contributed by atoms with E-state index in [1.54, 1.807) is 0 Å². The number of aliphatic hydroxyl groups is 1. The maximum atomic E-state index is 8.44. The van der Waals surface area contributed by atoms with Crippen molar-refractivity contribution in [1.82, 2.24) is 0 Å². The lowest BCUT2D eigenvalue weighted by Gasteiger charge is -1.68. The Morgan fingerprint density at radius 3 is 2.00 bits per heavy atom. The molecule has 1 aliphatic rings. The first-order chi connectivity index (χ1) is 2.30. The molecule has 0 heterocycles. The minimum atomic E-state index is 0.0509. The highest BCUT2D eigenvalue weighted by atomic mass is 16.3. The van der Waals surface area contributed by atoms with Crippen molar-refractivity contribution in [2.75, 3.05) is 0 Å². The van der Waals surface area contributed by atoms with Crippen molar-refractivity contribution in [3.63, 3.8) is 0 Å². The molecule has 1 N–H and O–H groups in total.